The minimum atomic E-state index is -3.61. The van der Waals surface area contributed by atoms with Crippen molar-refractivity contribution >= 4 is 21.6 Å². The number of hydrogen-bond acceptors (Lipinski definition) is 4. The van der Waals surface area contributed by atoms with Crippen molar-refractivity contribution in [1.29, 1.82) is 0 Å². The largest absolute Gasteiger partial charge is 0.392 e. The second-order valence-corrected chi connectivity index (χ2v) is 6.59. The Bertz CT molecular complexity index is 705. The molecule has 0 unspecified atom stereocenters. The van der Waals surface area contributed by atoms with E-state index in [-0.39, 0.29) is 23.1 Å². The van der Waals surface area contributed by atoms with Crippen LogP contribution in [0.5, 0.6) is 0 Å². The molecule has 2 N–H and O–H groups in total. The molecule has 0 saturated heterocycles. The molecule has 0 aliphatic carbocycles. The minimum absolute atomic E-state index is 0.0828. The van der Waals surface area contributed by atoms with Crippen LogP contribution in [0.1, 0.15) is 11.1 Å². The van der Waals surface area contributed by atoms with Gasteiger partial charge in [0.1, 0.15) is 0 Å². The van der Waals surface area contributed by atoms with E-state index in [9.17, 15) is 8.42 Å². The molecule has 0 aliphatic heterocycles. The number of nitrogens with one attached hydrogen (secondary N) is 1. The van der Waals surface area contributed by atoms with Crippen LogP contribution in [0.3, 0.4) is 0 Å². The lowest BCUT2D eigenvalue weighted by molar-refractivity contribution is 0.282. The summed E-state index contributed by atoms with van der Waals surface area (Å²) in [6.45, 7) is 0.0559. The number of aliphatic hydroxyl groups is 1. The second-order valence-electron chi connectivity index (χ2n) is 4.41. The second kappa shape index (κ2) is 7.00. The third kappa shape index (κ3) is 4.25. The van der Waals surface area contributed by atoms with Gasteiger partial charge in [0.15, 0.2) is 0 Å². The molecule has 0 spiro atoms. The van der Waals surface area contributed by atoms with Crippen molar-refractivity contribution < 1.29 is 13.5 Å². The van der Waals surface area contributed by atoms with Crippen LogP contribution in [0.4, 0.5) is 0 Å². The molecule has 21 heavy (non-hydrogen) atoms. The van der Waals surface area contributed by atoms with Gasteiger partial charge in [0.25, 0.3) is 0 Å². The monoisotopic (exact) mass is 326 g/mol. The summed E-state index contributed by atoms with van der Waals surface area (Å²) in [5.41, 5.74) is 1.49. The highest BCUT2D eigenvalue weighted by Crippen LogP contribution is 2.20. The molecule has 1 aromatic heterocycles. The van der Waals surface area contributed by atoms with Crippen molar-refractivity contribution in [2.45, 2.75) is 17.9 Å². The molecule has 7 heteroatoms. The van der Waals surface area contributed by atoms with E-state index in [4.69, 9.17) is 16.7 Å². The maximum atomic E-state index is 12.1. The summed E-state index contributed by atoms with van der Waals surface area (Å²) in [5.74, 6) is 0. The van der Waals surface area contributed by atoms with Crippen molar-refractivity contribution in [3.63, 3.8) is 0 Å². The first-order valence-corrected chi connectivity index (χ1v) is 8.17. The number of halogens is 1. The zero-order valence-corrected chi connectivity index (χ0v) is 12.7. The van der Waals surface area contributed by atoms with Crippen LogP contribution in [0.15, 0.2) is 47.6 Å². The lowest BCUT2D eigenvalue weighted by Gasteiger charge is -2.08. The standard InChI is InChI=1S/C14H15ClN2O3S/c15-14-9-13(2-1-12(14)10-18)21(19,20)17-8-5-11-3-6-16-7-4-11/h1-4,6-7,9,17-18H,5,8,10H2. The molecule has 0 saturated carbocycles. The fourth-order valence-electron chi connectivity index (χ4n) is 1.79. The van der Waals surface area contributed by atoms with Gasteiger partial charge in [-0.2, -0.15) is 0 Å². The summed E-state index contributed by atoms with van der Waals surface area (Å²) in [5, 5.41) is 9.26. The molecule has 2 rings (SSSR count). The Morgan fingerprint density at radius 3 is 2.52 bits per heavy atom. The Morgan fingerprint density at radius 2 is 1.90 bits per heavy atom. The van der Waals surface area contributed by atoms with Gasteiger partial charge in [-0.1, -0.05) is 17.7 Å². The van der Waals surface area contributed by atoms with Crippen LogP contribution in [-0.4, -0.2) is 25.1 Å². The molecule has 5 nitrogen and oxygen atoms in total. The van der Waals surface area contributed by atoms with Crippen molar-refractivity contribution in [2.75, 3.05) is 6.54 Å². The first-order chi connectivity index (χ1) is 10.0. The van der Waals surface area contributed by atoms with Crippen molar-refractivity contribution in [2.24, 2.45) is 0 Å². The van der Waals surface area contributed by atoms with Crippen LogP contribution in [0, 0.1) is 0 Å². The van der Waals surface area contributed by atoms with E-state index in [1.165, 1.54) is 18.2 Å². The average molecular weight is 327 g/mol. The first-order valence-electron chi connectivity index (χ1n) is 6.31. The van der Waals surface area contributed by atoms with E-state index >= 15 is 0 Å². The Morgan fingerprint density at radius 1 is 1.19 bits per heavy atom. The number of pyridine rings is 1. The SMILES string of the molecule is O=S(=O)(NCCc1ccncc1)c1ccc(CO)c(Cl)c1. The molecule has 2 aromatic rings. The Hall–Kier alpha value is -1.47. The fraction of sp³-hybridized carbons (Fsp3) is 0.214. The minimum Gasteiger partial charge on any atom is -0.392 e. The maximum absolute atomic E-state index is 12.1. The van der Waals surface area contributed by atoms with E-state index in [0.717, 1.165) is 5.56 Å². The molecule has 0 amide bonds. The van der Waals surface area contributed by atoms with Crippen molar-refractivity contribution in [3.05, 3.63) is 58.9 Å². The van der Waals surface area contributed by atoms with Gasteiger partial charge in [-0.25, -0.2) is 13.1 Å². The van der Waals surface area contributed by atoms with E-state index < -0.39 is 10.0 Å². The lowest BCUT2D eigenvalue weighted by Crippen LogP contribution is -2.26. The number of sulfonamides is 1. The van der Waals surface area contributed by atoms with Gasteiger partial charge < -0.3 is 5.11 Å². The van der Waals surface area contributed by atoms with Gasteiger partial charge in [-0.15, -0.1) is 0 Å². The summed E-state index contributed by atoms with van der Waals surface area (Å²) >= 11 is 5.91. The van der Waals surface area contributed by atoms with Crippen LogP contribution in [0.2, 0.25) is 5.02 Å². The van der Waals surface area contributed by atoms with E-state index in [1.807, 2.05) is 12.1 Å². The zero-order chi connectivity index (χ0) is 15.3. The molecule has 0 atom stereocenters. The summed E-state index contributed by atoms with van der Waals surface area (Å²) in [6, 6.07) is 7.93. The molecule has 0 aliphatic rings. The van der Waals surface area contributed by atoms with Gasteiger partial charge in [-0.3, -0.25) is 4.98 Å². The van der Waals surface area contributed by atoms with E-state index in [1.54, 1.807) is 12.4 Å². The van der Waals surface area contributed by atoms with Gasteiger partial charge >= 0.3 is 0 Å². The third-order valence-electron chi connectivity index (χ3n) is 2.96. The van der Waals surface area contributed by atoms with Crippen molar-refractivity contribution in [1.82, 2.24) is 9.71 Å². The molecule has 0 radical (unpaired) electrons. The molecule has 1 heterocycles. The highest BCUT2D eigenvalue weighted by atomic mass is 35.5. The van der Waals surface area contributed by atoms with Crippen LogP contribution in [0.25, 0.3) is 0 Å². The number of aromatic nitrogens is 1. The van der Waals surface area contributed by atoms with Crippen LogP contribution < -0.4 is 4.72 Å². The van der Waals surface area contributed by atoms with Gasteiger partial charge in [0, 0.05) is 24.0 Å². The quantitative estimate of drug-likeness (QED) is 0.847. The fourth-order valence-corrected chi connectivity index (χ4v) is 3.15. The predicted molar refractivity (Wildman–Crippen MR) is 80.5 cm³/mol. The summed E-state index contributed by atoms with van der Waals surface area (Å²) < 4.78 is 26.8. The van der Waals surface area contributed by atoms with Crippen LogP contribution in [-0.2, 0) is 23.1 Å². The zero-order valence-electron chi connectivity index (χ0n) is 11.2. The Labute approximate surface area is 128 Å². The lowest BCUT2D eigenvalue weighted by atomic mass is 10.2. The number of benzene rings is 1. The molecular formula is C14H15ClN2O3S. The highest BCUT2D eigenvalue weighted by molar-refractivity contribution is 7.89. The Kier molecular flexibility index (Phi) is 5.30. The average Bonchev–Trinajstić information content (AvgIpc) is 2.48. The number of rotatable bonds is 6. The smallest absolute Gasteiger partial charge is 0.240 e. The third-order valence-corrected chi connectivity index (χ3v) is 4.77. The number of nitrogens with zero attached hydrogens (tertiary/aromatic N) is 1. The van der Waals surface area contributed by atoms with Crippen molar-refractivity contribution in [3.8, 4) is 0 Å². The highest BCUT2D eigenvalue weighted by Gasteiger charge is 2.15. The molecule has 112 valence electrons. The van der Waals surface area contributed by atoms with E-state index in [0.29, 0.717) is 12.0 Å². The van der Waals surface area contributed by atoms with Gasteiger partial charge in [0.2, 0.25) is 10.0 Å². The van der Waals surface area contributed by atoms with Gasteiger partial charge in [0.05, 0.1) is 11.5 Å². The Balaban J connectivity index is 2.03. The predicted octanol–water partition coefficient (Wildman–Crippen LogP) is 1.75. The summed E-state index contributed by atoms with van der Waals surface area (Å²) in [6.07, 6.45) is 3.90. The summed E-state index contributed by atoms with van der Waals surface area (Å²) in [4.78, 5) is 3.98. The molecule has 0 fully saturated rings. The molecular weight excluding hydrogens is 312 g/mol. The normalized spacial score (nSPS) is 11.5. The topological polar surface area (TPSA) is 79.3 Å². The number of hydrogen-bond donors (Lipinski definition) is 2. The number of aliphatic hydroxyl groups excluding tert-OH is 1. The summed E-state index contributed by atoms with van der Waals surface area (Å²) in [7, 11) is -3.61. The first kappa shape index (κ1) is 15.9. The van der Waals surface area contributed by atoms with Gasteiger partial charge in [-0.05, 0) is 41.8 Å². The molecule has 0 bridgehead atoms. The molecule has 1 aromatic carbocycles. The van der Waals surface area contributed by atoms with Crippen LogP contribution >= 0.6 is 11.6 Å². The maximum Gasteiger partial charge on any atom is 0.240 e. The van der Waals surface area contributed by atoms with E-state index in [2.05, 4.69) is 9.71 Å².